The number of carbonyl (C=O) groups is 1. The molecule has 2 aliphatic carbocycles. The quantitative estimate of drug-likeness (QED) is 0.638. The lowest BCUT2D eigenvalue weighted by atomic mass is 10.1. The van der Waals surface area contributed by atoms with E-state index in [0.717, 1.165) is 18.4 Å². The van der Waals surface area contributed by atoms with E-state index >= 15 is 0 Å². The normalized spacial score (nSPS) is 20.5. The van der Waals surface area contributed by atoms with E-state index < -0.39 is 7.92 Å². The van der Waals surface area contributed by atoms with E-state index in [9.17, 15) is 4.79 Å². The van der Waals surface area contributed by atoms with E-state index in [1.807, 2.05) is 6.08 Å². The number of amides is 1. The first kappa shape index (κ1) is 17.0. The highest BCUT2D eigenvalue weighted by Gasteiger charge is 2.27. The fraction of sp³-hybridized carbons (Fsp3) is 0.174. The predicted octanol–water partition coefficient (Wildman–Crippen LogP) is 3.82. The van der Waals surface area contributed by atoms with Crippen molar-refractivity contribution in [3.63, 3.8) is 0 Å². The molecular weight excluding hydrogens is 337 g/mol. The van der Waals surface area contributed by atoms with Crippen molar-refractivity contribution in [3.8, 4) is 0 Å². The summed E-state index contributed by atoms with van der Waals surface area (Å²) in [7, 11) is -0.630. The molecule has 1 unspecified atom stereocenters. The fourth-order valence-corrected chi connectivity index (χ4v) is 5.84. The lowest BCUT2D eigenvalue weighted by molar-refractivity contribution is -0.116. The first-order valence-electron chi connectivity index (χ1n) is 9.07. The van der Waals surface area contributed by atoms with Gasteiger partial charge in [0, 0.05) is 17.8 Å². The number of allylic oxidation sites excluding steroid dienone is 5. The zero-order chi connectivity index (χ0) is 17.8. The number of benzene rings is 2. The number of nitrogens with one attached hydrogen (secondary N) is 1. The molecule has 2 nitrogen and oxygen atoms in total. The maximum absolute atomic E-state index is 12.4. The molecule has 0 heterocycles. The van der Waals surface area contributed by atoms with Crippen LogP contribution in [0.3, 0.4) is 0 Å². The number of hydrogen-bond acceptors (Lipinski definition) is 1. The molecule has 0 bridgehead atoms. The van der Waals surface area contributed by atoms with E-state index in [2.05, 4.69) is 84.2 Å². The highest BCUT2D eigenvalue weighted by molar-refractivity contribution is 7.74. The molecule has 2 aliphatic rings. The molecule has 1 fully saturated rings. The molecule has 2 aromatic rings. The molecule has 0 radical (unpaired) electrons. The molecule has 26 heavy (non-hydrogen) atoms. The molecule has 130 valence electrons. The predicted molar refractivity (Wildman–Crippen MR) is 110 cm³/mol. The van der Waals surface area contributed by atoms with Gasteiger partial charge in [0.25, 0.3) is 0 Å². The molecule has 0 saturated heterocycles. The SMILES string of the molecule is O=C(C=C1C=CC=CC1P(c1ccccc1)c1ccccc1)NC1CC1. The van der Waals surface area contributed by atoms with Crippen LogP contribution in [0.2, 0.25) is 0 Å². The summed E-state index contributed by atoms with van der Waals surface area (Å²) in [6, 6.07) is 21.7. The summed E-state index contributed by atoms with van der Waals surface area (Å²) in [5, 5.41) is 5.73. The van der Waals surface area contributed by atoms with Gasteiger partial charge in [0.05, 0.1) is 0 Å². The average Bonchev–Trinajstić information content (AvgIpc) is 3.49. The van der Waals surface area contributed by atoms with E-state index in [-0.39, 0.29) is 11.6 Å². The van der Waals surface area contributed by atoms with Gasteiger partial charge in [-0.3, -0.25) is 4.79 Å². The van der Waals surface area contributed by atoms with Crippen molar-refractivity contribution in [1.29, 1.82) is 0 Å². The van der Waals surface area contributed by atoms with Crippen molar-refractivity contribution in [2.45, 2.75) is 24.5 Å². The van der Waals surface area contributed by atoms with Gasteiger partial charge in [-0.05, 0) is 36.9 Å². The molecule has 3 heteroatoms. The monoisotopic (exact) mass is 359 g/mol. The maximum atomic E-state index is 12.4. The van der Waals surface area contributed by atoms with Crippen LogP contribution in [0, 0.1) is 0 Å². The van der Waals surface area contributed by atoms with Crippen LogP contribution in [-0.4, -0.2) is 17.6 Å². The standard InChI is InChI=1S/C23H22NOP/c25-23(24-19-15-16-19)17-18-9-7-8-14-22(18)26(20-10-3-1-4-11-20)21-12-5-2-6-13-21/h1-14,17,19,22H,15-16H2,(H,24,25). The number of carbonyl (C=O) groups excluding carboxylic acids is 1. The second kappa shape index (κ2) is 7.85. The lowest BCUT2D eigenvalue weighted by Crippen LogP contribution is -2.26. The van der Waals surface area contributed by atoms with Crippen LogP contribution < -0.4 is 15.9 Å². The van der Waals surface area contributed by atoms with Crippen LogP contribution in [-0.2, 0) is 4.79 Å². The Labute approximate surface area is 156 Å². The second-order valence-electron chi connectivity index (χ2n) is 6.66. The summed E-state index contributed by atoms with van der Waals surface area (Å²) in [6.07, 6.45) is 12.5. The highest BCUT2D eigenvalue weighted by atomic mass is 31.1. The van der Waals surface area contributed by atoms with Gasteiger partial charge in [0.2, 0.25) is 5.91 Å². The Morgan fingerprint density at radius 1 is 0.923 bits per heavy atom. The first-order valence-corrected chi connectivity index (χ1v) is 10.5. The maximum Gasteiger partial charge on any atom is 0.244 e. The van der Waals surface area contributed by atoms with Crippen LogP contribution in [0.5, 0.6) is 0 Å². The van der Waals surface area contributed by atoms with Gasteiger partial charge >= 0.3 is 0 Å². The van der Waals surface area contributed by atoms with Gasteiger partial charge in [-0.2, -0.15) is 0 Å². The Balaban J connectivity index is 1.71. The molecule has 1 N–H and O–H groups in total. The Bertz CT molecular complexity index is 811. The van der Waals surface area contributed by atoms with Crippen LogP contribution in [0.4, 0.5) is 0 Å². The molecular formula is C23H22NOP. The van der Waals surface area contributed by atoms with Crippen LogP contribution in [0.1, 0.15) is 12.8 Å². The molecule has 0 aliphatic heterocycles. The van der Waals surface area contributed by atoms with Crippen molar-refractivity contribution in [2.24, 2.45) is 0 Å². The van der Waals surface area contributed by atoms with Gasteiger partial charge < -0.3 is 5.32 Å². The summed E-state index contributed by atoms with van der Waals surface area (Å²) >= 11 is 0. The summed E-state index contributed by atoms with van der Waals surface area (Å²) in [5.74, 6) is 0.0310. The van der Waals surface area contributed by atoms with Gasteiger partial charge in [-0.1, -0.05) is 85.0 Å². The van der Waals surface area contributed by atoms with E-state index in [1.165, 1.54) is 10.6 Å². The van der Waals surface area contributed by atoms with Crippen LogP contribution >= 0.6 is 7.92 Å². The highest BCUT2D eigenvalue weighted by Crippen LogP contribution is 2.45. The fourth-order valence-electron chi connectivity index (χ4n) is 3.18. The van der Waals surface area contributed by atoms with Crippen molar-refractivity contribution in [1.82, 2.24) is 5.32 Å². The van der Waals surface area contributed by atoms with Gasteiger partial charge in [0.15, 0.2) is 0 Å². The van der Waals surface area contributed by atoms with Crippen LogP contribution in [0.15, 0.2) is 96.6 Å². The third-order valence-corrected chi connectivity index (χ3v) is 7.34. The van der Waals surface area contributed by atoms with Gasteiger partial charge in [-0.25, -0.2) is 0 Å². The summed E-state index contributed by atoms with van der Waals surface area (Å²) in [6.45, 7) is 0. The van der Waals surface area contributed by atoms with Crippen LogP contribution in [0.25, 0.3) is 0 Å². The van der Waals surface area contributed by atoms with Crippen molar-refractivity contribution >= 4 is 24.4 Å². The number of hydrogen-bond donors (Lipinski definition) is 1. The van der Waals surface area contributed by atoms with Crippen molar-refractivity contribution in [2.75, 3.05) is 0 Å². The Hall–Kier alpha value is -2.44. The number of rotatable bonds is 5. The smallest absolute Gasteiger partial charge is 0.244 e. The minimum Gasteiger partial charge on any atom is -0.350 e. The topological polar surface area (TPSA) is 29.1 Å². The third-order valence-electron chi connectivity index (χ3n) is 4.60. The van der Waals surface area contributed by atoms with Crippen molar-refractivity contribution < 1.29 is 4.79 Å². The largest absolute Gasteiger partial charge is 0.350 e. The van der Waals surface area contributed by atoms with Crippen molar-refractivity contribution in [3.05, 3.63) is 96.6 Å². The summed E-state index contributed by atoms with van der Waals surface area (Å²) in [4.78, 5) is 12.4. The summed E-state index contributed by atoms with van der Waals surface area (Å²) < 4.78 is 0. The Kier molecular flexibility index (Phi) is 5.13. The molecule has 0 spiro atoms. The zero-order valence-corrected chi connectivity index (χ0v) is 15.5. The lowest BCUT2D eigenvalue weighted by Gasteiger charge is -2.28. The molecule has 1 atom stereocenters. The third kappa shape index (κ3) is 4.03. The summed E-state index contributed by atoms with van der Waals surface area (Å²) in [5.41, 5.74) is 1.29. The Morgan fingerprint density at radius 2 is 1.54 bits per heavy atom. The molecule has 1 saturated carbocycles. The molecule has 0 aromatic heterocycles. The minimum absolute atomic E-state index is 0.0310. The minimum atomic E-state index is -0.630. The molecule has 4 rings (SSSR count). The zero-order valence-electron chi connectivity index (χ0n) is 14.6. The van der Waals surface area contributed by atoms with E-state index in [1.54, 1.807) is 6.08 Å². The van der Waals surface area contributed by atoms with E-state index in [4.69, 9.17) is 0 Å². The first-order chi connectivity index (χ1) is 12.8. The van der Waals surface area contributed by atoms with E-state index in [0.29, 0.717) is 6.04 Å². The second-order valence-corrected chi connectivity index (χ2v) is 8.99. The average molecular weight is 359 g/mol. The molecule has 1 amide bonds. The molecule has 2 aromatic carbocycles. The van der Waals surface area contributed by atoms with Gasteiger partial charge in [-0.15, -0.1) is 0 Å². The Morgan fingerprint density at radius 3 is 2.12 bits per heavy atom. The van der Waals surface area contributed by atoms with Gasteiger partial charge in [0.1, 0.15) is 0 Å².